The zero-order valence-corrected chi connectivity index (χ0v) is 10.6. The summed E-state index contributed by atoms with van der Waals surface area (Å²) in [7, 11) is 0. The highest BCUT2D eigenvalue weighted by Gasteiger charge is 2.24. The summed E-state index contributed by atoms with van der Waals surface area (Å²) in [5, 5.41) is 0. The van der Waals surface area contributed by atoms with Crippen molar-refractivity contribution in [1.29, 1.82) is 0 Å². The summed E-state index contributed by atoms with van der Waals surface area (Å²) in [6.07, 6.45) is 3.99. The molecule has 0 saturated carbocycles. The van der Waals surface area contributed by atoms with Crippen molar-refractivity contribution in [3.63, 3.8) is 0 Å². The number of carbonyl (C=O) groups excluding carboxylic acids is 1. The van der Waals surface area contributed by atoms with E-state index in [-0.39, 0.29) is 5.91 Å². The Hall–Kier alpha value is -1.64. The Balaban J connectivity index is 1.99. The minimum atomic E-state index is -0.439. The fourth-order valence-corrected chi connectivity index (χ4v) is 2.37. The van der Waals surface area contributed by atoms with Crippen LogP contribution in [-0.2, 0) is 11.2 Å². The van der Waals surface area contributed by atoms with E-state index in [2.05, 4.69) is 4.99 Å². The predicted molar refractivity (Wildman–Crippen MR) is 72.9 cm³/mol. The van der Waals surface area contributed by atoms with Gasteiger partial charge >= 0.3 is 0 Å². The zero-order chi connectivity index (χ0) is 12.8. The molecule has 0 bridgehead atoms. The minimum absolute atomic E-state index is 0.0704. The third kappa shape index (κ3) is 3.19. The molecular weight excluding hydrogens is 224 g/mol. The van der Waals surface area contributed by atoms with Crippen molar-refractivity contribution in [1.82, 2.24) is 4.90 Å². The average Bonchev–Trinajstić information content (AvgIpc) is 2.46. The van der Waals surface area contributed by atoms with Gasteiger partial charge in [-0.3, -0.25) is 9.79 Å². The molecule has 1 fully saturated rings. The molecule has 1 aliphatic rings. The molecule has 1 unspecified atom stereocenters. The molecule has 1 radical (unpaired) electrons. The molecule has 3 nitrogen and oxygen atoms in total. The Kier molecular flexibility index (Phi) is 4.51. The second-order valence-electron chi connectivity index (χ2n) is 4.74. The van der Waals surface area contributed by atoms with Gasteiger partial charge in [0.25, 0.3) is 0 Å². The van der Waals surface area contributed by atoms with Crippen LogP contribution in [-0.4, -0.2) is 36.7 Å². The van der Waals surface area contributed by atoms with Crippen molar-refractivity contribution in [2.24, 2.45) is 4.99 Å². The van der Waals surface area contributed by atoms with E-state index in [1.54, 1.807) is 0 Å². The molecule has 3 heteroatoms. The van der Waals surface area contributed by atoms with E-state index >= 15 is 0 Å². The third-order valence-electron chi connectivity index (χ3n) is 3.40. The van der Waals surface area contributed by atoms with Crippen molar-refractivity contribution in [3.8, 4) is 0 Å². The predicted octanol–water partition coefficient (Wildman–Crippen LogP) is 2.19. The van der Waals surface area contributed by atoms with Gasteiger partial charge in [-0.05, 0) is 24.8 Å². The van der Waals surface area contributed by atoms with Gasteiger partial charge in [0.15, 0.2) is 0 Å². The molecule has 1 saturated heterocycles. The van der Waals surface area contributed by atoms with Crippen LogP contribution in [0.25, 0.3) is 0 Å². The van der Waals surface area contributed by atoms with E-state index in [0.717, 1.165) is 31.5 Å². The van der Waals surface area contributed by atoms with Gasteiger partial charge in [-0.2, -0.15) is 0 Å². The lowest BCUT2D eigenvalue weighted by Crippen LogP contribution is -2.42. The van der Waals surface area contributed by atoms with Crippen LogP contribution in [0.5, 0.6) is 0 Å². The van der Waals surface area contributed by atoms with E-state index in [4.69, 9.17) is 6.72 Å². The topological polar surface area (TPSA) is 32.7 Å². The highest BCUT2D eigenvalue weighted by Crippen LogP contribution is 2.13. The van der Waals surface area contributed by atoms with Gasteiger partial charge in [0.1, 0.15) is 6.04 Å². The van der Waals surface area contributed by atoms with Gasteiger partial charge < -0.3 is 4.90 Å². The van der Waals surface area contributed by atoms with Gasteiger partial charge in [-0.25, -0.2) is 0 Å². The van der Waals surface area contributed by atoms with Gasteiger partial charge in [0.05, 0.1) is 0 Å². The number of hydrogen-bond acceptors (Lipinski definition) is 2. The molecule has 18 heavy (non-hydrogen) atoms. The molecule has 1 aromatic carbocycles. The van der Waals surface area contributed by atoms with Crippen LogP contribution >= 0.6 is 0 Å². The second-order valence-corrected chi connectivity index (χ2v) is 4.74. The lowest BCUT2D eigenvalue weighted by atomic mass is 10.0. The van der Waals surface area contributed by atoms with Gasteiger partial charge in [0, 0.05) is 26.2 Å². The molecule has 0 N–H and O–H groups in total. The van der Waals surface area contributed by atoms with Crippen molar-refractivity contribution in [3.05, 3.63) is 35.9 Å². The van der Waals surface area contributed by atoms with E-state index in [9.17, 15) is 4.79 Å². The normalized spacial score (nSPS) is 17.2. The second kappa shape index (κ2) is 6.34. The van der Waals surface area contributed by atoms with Crippen LogP contribution in [0.15, 0.2) is 35.3 Å². The Labute approximate surface area is 109 Å². The number of likely N-dealkylation sites (tertiary alicyclic amines) is 1. The number of carbonyl (C=O) groups is 1. The molecule has 1 amide bonds. The number of aliphatic imine (C=N–C) groups is 1. The largest absolute Gasteiger partial charge is 0.341 e. The Morgan fingerprint density at radius 3 is 2.50 bits per heavy atom. The van der Waals surface area contributed by atoms with Crippen molar-refractivity contribution in [2.75, 3.05) is 13.1 Å². The summed E-state index contributed by atoms with van der Waals surface area (Å²) in [6.45, 7) is 7.10. The summed E-state index contributed by atoms with van der Waals surface area (Å²) in [4.78, 5) is 17.9. The molecule has 0 spiro atoms. The first kappa shape index (κ1) is 12.8. The summed E-state index contributed by atoms with van der Waals surface area (Å²) >= 11 is 0. The van der Waals surface area contributed by atoms with Gasteiger partial charge in [-0.15, -0.1) is 0 Å². The Morgan fingerprint density at radius 1 is 1.22 bits per heavy atom. The lowest BCUT2D eigenvalue weighted by molar-refractivity contribution is -0.133. The van der Waals surface area contributed by atoms with Crippen LogP contribution in [0, 0.1) is 0 Å². The molecule has 1 atom stereocenters. The quantitative estimate of drug-likeness (QED) is 0.746. The molecule has 1 aliphatic heterocycles. The Morgan fingerprint density at radius 2 is 1.89 bits per heavy atom. The smallest absolute Gasteiger partial charge is 0.247 e. The first-order valence-electron chi connectivity index (χ1n) is 6.54. The first-order valence-corrected chi connectivity index (χ1v) is 6.54. The standard InChI is InChI=1S/C15H19N2O/c1-16-14(12-13-8-4-2-5-9-13)15(18)17-10-6-3-7-11-17/h1-2,4-5,8-9,14H,3,6-7,10-12H2. The van der Waals surface area contributed by atoms with Crippen LogP contribution in [0.1, 0.15) is 24.8 Å². The monoisotopic (exact) mass is 243 g/mol. The van der Waals surface area contributed by atoms with Crippen molar-refractivity contribution >= 4 is 12.6 Å². The summed E-state index contributed by atoms with van der Waals surface area (Å²) in [5.41, 5.74) is 1.10. The molecule has 95 valence electrons. The molecule has 1 heterocycles. The van der Waals surface area contributed by atoms with Crippen LogP contribution < -0.4 is 0 Å². The lowest BCUT2D eigenvalue weighted by Gasteiger charge is -2.29. The molecule has 1 aromatic rings. The summed E-state index contributed by atoms with van der Waals surface area (Å²) < 4.78 is 0. The number of piperidine rings is 1. The van der Waals surface area contributed by atoms with E-state index in [1.165, 1.54) is 6.42 Å². The fourth-order valence-electron chi connectivity index (χ4n) is 2.37. The molecular formula is C15H19N2O. The van der Waals surface area contributed by atoms with Crippen LogP contribution in [0.2, 0.25) is 0 Å². The van der Waals surface area contributed by atoms with E-state index < -0.39 is 6.04 Å². The Bertz CT molecular complexity index is 396. The molecule has 2 rings (SSSR count). The molecule has 0 aromatic heterocycles. The molecule has 0 aliphatic carbocycles. The third-order valence-corrected chi connectivity index (χ3v) is 3.40. The van der Waals surface area contributed by atoms with Gasteiger partial charge in [-0.1, -0.05) is 30.3 Å². The van der Waals surface area contributed by atoms with Crippen LogP contribution in [0.3, 0.4) is 0 Å². The first-order chi connectivity index (χ1) is 8.81. The number of amides is 1. The summed E-state index contributed by atoms with van der Waals surface area (Å²) in [6, 6.07) is 9.46. The zero-order valence-electron chi connectivity index (χ0n) is 10.6. The maximum atomic E-state index is 12.3. The summed E-state index contributed by atoms with van der Waals surface area (Å²) in [5.74, 6) is 0.0704. The maximum Gasteiger partial charge on any atom is 0.247 e. The number of rotatable bonds is 4. The maximum absolute atomic E-state index is 12.3. The van der Waals surface area contributed by atoms with Crippen molar-refractivity contribution < 1.29 is 4.79 Å². The number of hydrogen-bond donors (Lipinski definition) is 0. The SMILES string of the molecule is [CH]=NC(Cc1ccccc1)C(=O)N1CCCCC1. The number of nitrogens with zero attached hydrogens (tertiary/aromatic N) is 2. The number of benzene rings is 1. The van der Waals surface area contributed by atoms with Crippen molar-refractivity contribution in [2.45, 2.75) is 31.7 Å². The van der Waals surface area contributed by atoms with Gasteiger partial charge in [0.2, 0.25) is 5.91 Å². The van der Waals surface area contributed by atoms with Crippen LogP contribution in [0.4, 0.5) is 0 Å². The van der Waals surface area contributed by atoms with E-state index in [0.29, 0.717) is 6.42 Å². The minimum Gasteiger partial charge on any atom is -0.341 e. The average molecular weight is 243 g/mol. The highest BCUT2D eigenvalue weighted by atomic mass is 16.2. The van der Waals surface area contributed by atoms with E-state index in [1.807, 2.05) is 35.2 Å². The fraction of sp³-hybridized carbons (Fsp3) is 0.467. The highest BCUT2D eigenvalue weighted by molar-refractivity contribution is 5.83.